The van der Waals surface area contributed by atoms with Crippen LogP contribution in [-0.4, -0.2) is 76.3 Å². The number of hydrogen-bond donors (Lipinski definition) is 1. The molecule has 3 rings (SSSR count). The van der Waals surface area contributed by atoms with E-state index in [1.165, 1.54) is 20.2 Å². The summed E-state index contributed by atoms with van der Waals surface area (Å²) in [6.45, 7) is 5.56. The maximum atomic E-state index is 13.5. The third-order valence-electron chi connectivity index (χ3n) is 6.66. The van der Waals surface area contributed by atoms with E-state index >= 15 is 0 Å². The maximum Gasteiger partial charge on any atom is 0.256 e. The van der Waals surface area contributed by atoms with Gasteiger partial charge in [0.2, 0.25) is 15.9 Å². The van der Waals surface area contributed by atoms with Crippen molar-refractivity contribution in [2.24, 2.45) is 5.92 Å². The molecule has 0 atom stereocenters. The zero-order valence-electron chi connectivity index (χ0n) is 20.2. The number of sulfonamides is 1. The topological polar surface area (TPSA) is 90.0 Å². The average molecular weight is 479 g/mol. The highest BCUT2D eigenvalue weighted by molar-refractivity contribution is 7.89. The highest BCUT2D eigenvalue weighted by Gasteiger charge is 2.31. The first-order valence-corrected chi connectivity index (χ1v) is 13.6. The highest BCUT2D eigenvalue weighted by atomic mass is 32.2. The Labute approximate surface area is 198 Å². The molecule has 2 aliphatic rings. The van der Waals surface area contributed by atoms with Gasteiger partial charge in [-0.05, 0) is 50.3 Å². The third-order valence-corrected chi connectivity index (χ3v) is 8.47. The van der Waals surface area contributed by atoms with Gasteiger partial charge in [0, 0.05) is 58.4 Å². The van der Waals surface area contributed by atoms with Crippen molar-refractivity contribution in [1.82, 2.24) is 14.5 Å². The van der Waals surface area contributed by atoms with Gasteiger partial charge in [-0.3, -0.25) is 9.59 Å². The first-order chi connectivity index (χ1) is 15.8. The van der Waals surface area contributed by atoms with Gasteiger partial charge in [0.05, 0.1) is 10.5 Å². The van der Waals surface area contributed by atoms with Crippen molar-refractivity contribution in [3.63, 3.8) is 0 Å². The van der Waals surface area contributed by atoms with E-state index < -0.39 is 10.0 Å². The lowest BCUT2D eigenvalue weighted by Gasteiger charge is -2.33. The Kier molecular flexibility index (Phi) is 8.75. The lowest BCUT2D eigenvalue weighted by molar-refractivity contribution is -0.126. The Morgan fingerprint density at radius 1 is 1.06 bits per heavy atom. The molecule has 9 heteroatoms. The molecule has 2 aliphatic heterocycles. The lowest BCUT2D eigenvalue weighted by atomic mass is 9.95. The Balaban J connectivity index is 1.74. The van der Waals surface area contributed by atoms with Crippen molar-refractivity contribution >= 4 is 27.5 Å². The van der Waals surface area contributed by atoms with Gasteiger partial charge in [-0.2, -0.15) is 0 Å². The number of hydrogen-bond acceptors (Lipinski definition) is 5. The average Bonchev–Trinajstić information content (AvgIpc) is 3.35. The molecule has 1 aromatic rings. The minimum atomic E-state index is -3.65. The summed E-state index contributed by atoms with van der Waals surface area (Å²) in [5.74, 6) is -0.154. The molecular weight excluding hydrogens is 440 g/mol. The summed E-state index contributed by atoms with van der Waals surface area (Å²) in [5.41, 5.74) is 1.23. The molecule has 2 fully saturated rings. The minimum absolute atomic E-state index is 0.0748. The summed E-state index contributed by atoms with van der Waals surface area (Å²) in [6.07, 6.45) is 6.58. The van der Waals surface area contributed by atoms with E-state index in [0.29, 0.717) is 38.0 Å². The normalized spacial score (nSPS) is 17.6. The predicted octanol–water partition coefficient (Wildman–Crippen LogP) is 2.70. The number of rotatable bonds is 9. The molecule has 2 amide bonds. The van der Waals surface area contributed by atoms with Crippen molar-refractivity contribution in [2.75, 3.05) is 51.7 Å². The van der Waals surface area contributed by atoms with Gasteiger partial charge in [0.25, 0.3) is 5.91 Å². The second-order valence-electron chi connectivity index (χ2n) is 9.23. The standard InChI is InChI=1S/C24H38N4O4S/c1-4-5-6-13-25-23(29)19-11-16-28(17-12-19)24(30)21-18-20(33(31,32)26(2)3)9-10-22(21)27-14-7-8-15-27/h9-10,18-19H,4-8,11-17H2,1-3H3,(H,25,29). The number of likely N-dealkylation sites (tertiary alicyclic amines) is 1. The predicted molar refractivity (Wildman–Crippen MR) is 130 cm³/mol. The second kappa shape index (κ2) is 11.3. The molecule has 0 radical (unpaired) electrons. The van der Waals surface area contributed by atoms with Crippen LogP contribution in [0.15, 0.2) is 23.1 Å². The fourth-order valence-electron chi connectivity index (χ4n) is 4.54. The van der Waals surface area contributed by atoms with Gasteiger partial charge in [0.15, 0.2) is 0 Å². The highest BCUT2D eigenvalue weighted by Crippen LogP contribution is 2.30. The molecule has 184 valence electrons. The molecule has 0 bridgehead atoms. The number of nitrogens with zero attached hydrogens (tertiary/aromatic N) is 3. The van der Waals surface area contributed by atoms with E-state index in [0.717, 1.165) is 55.2 Å². The maximum absolute atomic E-state index is 13.5. The van der Waals surface area contributed by atoms with Crippen LogP contribution < -0.4 is 10.2 Å². The number of unbranched alkanes of at least 4 members (excludes halogenated alkanes) is 2. The SMILES string of the molecule is CCCCCNC(=O)C1CCN(C(=O)c2cc(S(=O)(=O)N(C)C)ccc2N2CCCC2)CC1. The molecule has 0 aliphatic carbocycles. The van der Waals surface area contributed by atoms with Gasteiger partial charge >= 0.3 is 0 Å². The van der Waals surface area contributed by atoms with Gasteiger partial charge in [-0.1, -0.05) is 19.8 Å². The quantitative estimate of drug-likeness (QED) is 0.551. The Morgan fingerprint density at radius 3 is 2.33 bits per heavy atom. The number of carbonyl (C=O) groups excluding carboxylic acids is 2. The van der Waals surface area contributed by atoms with Crippen LogP contribution in [0, 0.1) is 5.92 Å². The minimum Gasteiger partial charge on any atom is -0.371 e. The van der Waals surface area contributed by atoms with Crippen LogP contribution in [-0.2, 0) is 14.8 Å². The summed E-state index contributed by atoms with van der Waals surface area (Å²) in [5, 5.41) is 3.02. The van der Waals surface area contributed by atoms with Crippen molar-refractivity contribution in [3.05, 3.63) is 23.8 Å². The van der Waals surface area contributed by atoms with Crippen molar-refractivity contribution in [1.29, 1.82) is 0 Å². The fraction of sp³-hybridized carbons (Fsp3) is 0.667. The van der Waals surface area contributed by atoms with Crippen LogP contribution in [0.3, 0.4) is 0 Å². The summed E-state index contributed by atoms with van der Waals surface area (Å²) < 4.78 is 26.6. The molecule has 0 saturated carbocycles. The summed E-state index contributed by atoms with van der Waals surface area (Å²) in [7, 11) is -0.667. The van der Waals surface area contributed by atoms with E-state index in [1.54, 1.807) is 17.0 Å². The molecular formula is C24H38N4O4S. The summed E-state index contributed by atoms with van der Waals surface area (Å²) >= 11 is 0. The Hall–Kier alpha value is -2.13. The van der Waals surface area contributed by atoms with Gasteiger partial charge in [0.1, 0.15) is 0 Å². The van der Waals surface area contributed by atoms with Crippen molar-refractivity contribution in [3.8, 4) is 0 Å². The Bertz CT molecular complexity index is 934. The molecule has 1 N–H and O–H groups in total. The molecule has 0 spiro atoms. The second-order valence-corrected chi connectivity index (χ2v) is 11.4. The number of amides is 2. The number of nitrogens with one attached hydrogen (secondary N) is 1. The van der Waals surface area contributed by atoms with Crippen molar-refractivity contribution in [2.45, 2.75) is 56.8 Å². The van der Waals surface area contributed by atoms with Crippen LogP contribution in [0.5, 0.6) is 0 Å². The molecule has 0 unspecified atom stereocenters. The van der Waals surface area contributed by atoms with Crippen LogP contribution in [0.4, 0.5) is 5.69 Å². The van der Waals surface area contributed by atoms with E-state index in [2.05, 4.69) is 17.1 Å². The van der Waals surface area contributed by atoms with Crippen LogP contribution >= 0.6 is 0 Å². The van der Waals surface area contributed by atoms with Crippen molar-refractivity contribution < 1.29 is 18.0 Å². The zero-order chi connectivity index (χ0) is 24.0. The molecule has 2 heterocycles. The summed E-state index contributed by atoms with van der Waals surface area (Å²) in [6, 6.07) is 4.89. The number of benzene rings is 1. The molecule has 33 heavy (non-hydrogen) atoms. The smallest absolute Gasteiger partial charge is 0.256 e. The van der Waals surface area contributed by atoms with E-state index in [1.807, 2.05) is 0 Å². The zero-order valence-corrected chi connectivity index (χ0v) is 21.0. The van der Waals surface area contributed by atoms with E-state index in [-0.39, 0.29) is 22.6 Å². The first kappa shape index (κ1) is 25.5. The molecule has 8 nitrogen and oxygen atoms in total. The van der Waals surface area contributed by atoms with Gasteiger partial charge < -0.3 is 15.1 Å². The lowest BCUT2D eigenvalue weighted by Crippen LogP contribution is -2.43. The molecule has 2 saturated heterocycles. The fourth-order valence-corrected chi connectivity index (χ4v) is 5.47. The largest absolute Gasteiger partial charge is 0.371 e. The molecule has 1 aromatic carbocycles. The van der Waals surface area contributed by atoms with Crippen LogP contribution in [0.2, 0.25) is 0 Å². The Morgan fingerprint density at radius 2 is 1.73 bits per heavy atom. The van der Waals surface area contributed by atoms with Crippen LogP contribution in [0.1, 0.15) is 62.2 Å². The third kappa shape index (κ3) is 6.06. The van der Waals surface area contributed by atoms with E-state index in [4.69, 9.17) is 0 Å². The number of anilines is 1. The van der Waals surface area contributed by atoms with Crippen LogP contribution in [0.25, 0.3) is 0 Å². The number of carbonyl (C=O) groups is 2. The number of piperidine rings is 1. The van der Waals surface area contributed by atoms with E-state index in [9.17, 15) is 18.0 Å². The van der Waals surface area contributed by atoms with Gasteiger partial charge in [-0.25, -0.2) is 12.7 Å². The summed E-state index contributed by atoms with van der Waals surface area (Å²) in [4.78, 5) is 30.1. The first-order valence-electron chi connectivity index (χ1n) is 12.1. The van der Waals surface area contributed by atoms with Gasteiger partial charge in [-0.15, -0.1) is 0 Å². The molecule has 0 aromatic heterocycles. The monoisotopic (exact) mass is 478 g/mol.